The highest BCUT2D eigenvalue weighted by molar-refractivity contribution is 5.02. The quantitative estimate of drug-likeness (QED) is 0.687. The van der Waals surface area contributed by atoms with Gasteiger partial charge in [-0.2, -0.15) is 0 Å². The maximum atomic E-state index is 6.09. The Morgan fingerprint density at radius 3 is 2.79 bits per heavy atom. The van der Waals surface area contributed by atoms with Gasteiger partial charge in [0.2, 0.25) is 0 Å². The highest BCUT2D eigenvalue weighted by Gasteiger charge is 2.49. The van der Waals surface area contributed by atoms with Crippen molar-refractivity contribution in [2.24, 2.45) is 17.6 Å². The second-order valence-corrected chi connectivity index (χ2v) is 5.59. The number of hydrogen-bond donors (Lipinski definition) is 1. The van der Waals surface area contributed by atoms with E-state index in [4.69, 9.17) is 5.73 Å². The summed E-state index contributed by atoms with van der Waals surface area (Å²) in [5, 5.41) is 0. The van der Waals surface area contributed by atoms with Crippen LogP contribution < -0.4 is 5.73 Å². The zero-order valence-corrected chi connectivity index (χ0v) is 9.15. The molecule has 3 fully saturated rings. The predicted molar refractivity (Wildman–Crippen MR) is 58.0 cm³/mol. The molecule has 3 aliphatic rings. The second kappa shape index (κ2) is 3.21. The summed E-state index contributed by atoms with van der Waals surface area (Å²) in [6, 6.07) is 1.98. The molecule has 5 atom stereocenters. The Kier molecular flexibility index (Phi) is 2.10. The van der Waals surface area contributed by atoms with E-state index in [1.54, 1.807) is 0 Å². The fourth-order valence-corrected chi connectivity index (χ4v) is 3.75. The molecule has 0 bridgehead atoms. The molecule has 3 rings (SSSR count). The SMILES string of the molecule is CC1C(N)CCN1C1CCCC2CC21. The third-order valence-electron chi connectivity index (χ3n) is 4.84. The van der Waals surface area contributed by atoms with E-state index >= 15 is 0 Å². The van der Waals surface area contributed by atoms with Crippen LogP contribution in [0, 0.1) is 11.8 Å². The molecule has 2 N–H and O–H groups in total. The summed E-state index contributed by atoms with van der Waals surface area (Å²) in [6.07, 6.45) is 7.15. The number of fused-ring (bicyclic) bond motifs is 1. The molecule has 2 heteroatoms. The molecule has 0 amide bonds. The van der Waals surface area contributed by atoms with Crippen molar-refractivity contribution in [2.75, 3.05) is 6.54 Å². The molecular weight excluding hydrogens is 172 g/mol. The van der Waals surface area contributed by atoms with E-state index in [1.807, 2.05) is 0 Å². The third-order valence-corrected chi connectivity index (χ3v) is 4.84. The Morgan fingerprint density at radius 1 is 1.21 bits per heavy atom. The molecule has 0 spiro atoms. The molecule has 0 radical (unpaired) electrons. The van der Waals surface area contributed by atoms with Crippen molar-refractivity contribution in [3.8, 4) is 0 Å². The first kappa shape index (κ1) is 9.17. The molecule has 1 heterocycles. The molecule has 5 unspecified atom stereocenters. The smallest absolute Gasteiger partial charge is 0.0222 e. The second-order valence-electron chi connectivity index (χ2n) is 5.59. The van der Waals surface area contributed by atoms with Crippen LogP contribution >= 0.6 is 0 Å². The van der Waals surface area contributed by atoms with E-state index in [-0.39, 0.29) is 0 Å². The summed E-state index contributed by atoms with van der Waals surface area (Å²) in [6.45, 7) is 3.58. The fraction of sp³-hybridized carbons (Fsp3) is 1.00. The van der Waals surface area contributed by atoms with Crippen molar-refractivity contribution in [2.45, 2.75) is 57.2 Å². The number of nitrogens with two attached hydrogens (primary N) is 1. The number of hydrogen-bond acceptors (Lipinski definition) is 2. The lowest BCUT2D eigenvalue weighted by molar-refractivity contribution is 0.135. The van der Waals surface area contributed by atoms with Gasteiger partial charge >= 0.3 is 0 Å². The Labute approximate surface area is 86.8 Å². The largest absolute Gasteiger partial charge is 0.326 e. The van der Waals surface area contributed by atoms with E-state index in [2.05, 4.69) is 11.8 Å². The molecule has 14 heavy (non-hydrogen) atoms. The molecule has 0 aromatic carbocycles. The van der Waals surface area contributed by atoms with Crippen LogP contribution in [0.5, 0.6) is 0 Å². The minimum atomic E-state index is 0.439. The van der Waals surface area contributed by atoms with Crippen LogP contribution in [0.15, 0.2) is 0 Å². The Hall–Kier alpha value is -0.0800. The molecular formula is C12H22N2. The molecule has 2 nitrogen and oxygen atoms in total. The van der Waals surface area contributed by atoms with Gasteiger partial charge in [-0.3, -0.25) is 4.90 Å². The summed E-state index contributed by atoms with van der Waals surface area (Å²) in [4.78, 5) is 2.72. The van der Waals surface area contributed by atoms with Crippen molar-refractivity contribution in [3.05, 3.63) is 0 Å². The highest BCUT2D eigenvalue weighted by atomic mass is 15.2. The summed E-state index contributed by atoms with van der Waals surface area (Å²) < 4.78 is 0. The first-order chi connectivity index (χ1) is 6.77. The van der Waals surface area contributed by atoms with E-state index in [0.29, 0.717) is 12.1 Å². The first-order valence-electron chi connectivity index (χ1n) is 6.28. The summed E-state index contributed by atoms with van der Waals surface area (Å²) in [5.74, 6) is 2.15. The Balaban J connectivity index is 1.70. The lowest BCUT2D eigenvalue weighted by atomic mass is 9.93. The van der Waals surface area contributed by atoms with Gasteiger partial charge in [0.15, 0.2) is 0 Å². The van der Waals surface area contributed by atoms with Crippen LogP contribution in [0.1, 0.15) is 39.0 Å². The predicted octanol–water partition coefficient (Wildman–Crippen LogP) is 1.60. The van der Waals surface area contributed by atoms with Gasteiger partial charge in [0.1, 0.15) is 0 Å². The average Bonchev–Trinajstić information content (AvgIpc) is 2.90. The minimum absolute atomic E-state index is 0.439. The van der Waals surface area contributed by atoms with Gasteiger partial charge in [-0.25, -0.2) is 0 Å². The van der Waals surface area contributed by atoms with Crippen LogP contribution in [0.3, 0.4) is 0 Å². The van der Waals surface area contributed by atoms with Gasteiger partial charge in [0, 0.05) is 24.7 Å². The van der Waals surface area contributed by atoms with Gasteiger partial charge in [-0.05, 0) is 38.0 Å². The van der Waals surface area contributed by atoms with Crippen LogP contribution in [0.4, 0.5) is 0 Å². The average molecular weight is 194 g/mol. The Morgan fingerprint density at radius 2 is 2.07 bits per heavy atom. The third kappa shape index (κ3) is 1.31. The van der Waals surface area contributed by atoms with Gasteiger partial charge in [0.25, 0.3) is 0 Å². The van der Waals surface area contributed by atoms with Crippen LogP contribution in [-0.4, -0.2) is 29.6 Å². The van der Waals surface area contributed by atoms with E-state index in [1.165, 1.54) is 38.6 Å². The zero-order chi connectivity index (χ0) is 9.71. The molecule has 2 saturated carbocycles. The number of likely N-dealkylation sites (tertiary alicyclic amines) is 1. The van der Waals surface area contributed by atoms with Crippen molar-refractivity contribution in [3.63, 3.8) is 0 Å². The lowest BCUT2D eigenvalue weighted by Gasteiger charge is -2.35. The molecule has 1 aliphatic heterocycles. The van der Waals surface area contributed by atoms with E-state index in [9.17, 15) is 0 Å². The highest BCUT2D eigenvalue weighted by Crippen LogP contribution is 2.52. The zero-order valence-electron chi connectivity index (χ0n) is 9.15. The maximum Gasteiger partial charge on any atom is 0.0222 e. The standard InChI is InChI=1S/C12H22N2/c1-8-11(13)5-6-14(8)12-4-2-3-9-7-10(9)12/h8-12H,2-7,13H2,1H3. The molecule has 0 aromatic heterocycles. The van der Waals surface area contributed by atoms with Gasteiger partial charge < -0.3 is 5.73 Å². The summed E-state index contributed by atoms with van der Waals surface area (Å²) >= 11 is 0. The van der Waals surface area contributed by atoms with Gasteiger partial charge in [-0.15, -0.1) is 0 Å². The monoisotopic (exact) mass is 194 g/mol. The Bertz CT molecular complexity index is 226. The number of nitrogens with zero attached hydrogens (tertiary/aromatic N) is 1. The first-order valence-corrected chi connectivity index (χ1v) is 6.28. The molecule has 1 saturated heterocycles. The molecule has 2 aliphatic carbocycles. The normalized spacial score (nSPS) is 53.1. The minimum Gasteiger partial charge on any atom is -0.326 e. The van der Waals surface area contributed by atoms with E-state index in [0.717, 1.165) is 17.9 Å². The molecule has 80 valence electrons. The summed E-state index contributed by atoms with van der Waals surface area (Å²) in [5.41, 5.74) is 6.09. The fourth-order valence-electron chi connectivity index (χ4n) is 3.75. The van der Waals surface area contributed by atoms with Crippen molar-refractivity contribution in [1.82, 2.24) is 4.90 Å². The van der Waals surface area contributed by atoms with Crippen LogP contribution in [0.2, 0.25) is 0 Å². The topological polar surface area (TPSA) is 29.3 Å². The van der Waals surface area contributed by atoms with Crippen molar-refractivity contribution < 1.29 is 0 Å². The lowest BCUT2D eigenvalue weighted by Crippen LogP contribution is -2.44. The van der Waals surface area contributed by atoms with E-state index < -0.39 is 0 Å². The van der Waals surface area contributed by atoms with Crippen LogP contribution in [-0.2, 0) is 0 Å². The van der Waals surface area contributed by atoms with Crippen molar-refractivity contribution in [1.29, 1.82) is 0 Å². The molecule has 0 aromatic rings. The maximum absolute atomic E-state index is 6.09. The number of rotatable bonds is 1. The summed E-state index contributed by atoms with van der Waals surface area (Å²) in [7, 11) is 0. The van der Waals surface area contributed by atoms with Crippen molar-refractivity contribution >= 4 is 0 Å². The van der Waals surface area contributed by atoms with Gasteiger partial charge in [-0.1, -0.05) is 12.8 Å². The van der Waals surface area contributed by atoms with Crippen LogP contribution in [0.25, 0.3) is 0 Å². The van der Waals surface area contributed by atoms with Gasteiger partial charge in [0.05, 0.1) is 0 Å².